The van der Waals surface area contributed by atoms with Crippen LogP contribution in [0.5, 0.6) is 5.75 Å². The van der Waals surface area contributed by atoms with Crippen LogP contribution in [0.3, 0.4) is 0 Å². The van der Waals surface area contributed by atoms with Crippen LogP contribution in [0.2, 0.25) is 0 Å². The molecule has 2 rings (SSSR count). The van der Waals surface area contributed by atoms with Crippen LogP contribution >= 0.6 is 0 Å². The molecular formula is C25H34N2O3. The summed E-state index contributed by atoms with van der Waals surface area (Å²) in [5.41, 5.74) is 3.42. The number of benzene rings is 2. The maximum Gasteiger partial charge on any atom is 0.261 e. The van der Waals surface area contributed by atoms with E-state index in [1.807, 2.05) is 62.4 Å². The average Bonchev–Trinajstić information content (AvgIpc) is 2.75. The summed E-state index contributed by atoms with van der Waals surface area (Å²) in [4.78, 5) is 27.2. The van der Waals surface area contributed by atoms with Crippen LogP contribution in [-0.2, 0) is 16.0 Å². The fourth-order valence-corrected chi connectivity index (χ4v) is 3.14. The molecule has 30 heavy (non-hydrogen) atoms. The average molecular weight is 411 g/mol. The Morgan fingerprint density at radius 2 is 1.80 bits per heavy atom. The highest BCUT2D eigenvalue weighted by Gasteiger charge is 2.25. The first-order chi connectivity index (χ1) is 14.4. The van der Waals surface area contributed by atoms with Crippen LogP contribution in [0.15, 0.2) is 48.5 Å². The highest BCUT2D eigenvalue weighted by molar-refractivity contribution is 5.87. The molecule has 0 unspecified atom stereocenters. The van der Waals surface area contributed by atoms with Gasteiger partial charge in [-0.25, -0.2) is 0 Å². The predicted molar refractivity (Wildman–Crippen MR) is 121 cm³/mol. The Morgan fingerprint density at radius 3 is 2.47 bits per heavy atom. The van der Waals surface area contributed by atoms with E-state index in [9.17, 15) is 9.59 Å². The number of carbonyl (C=O) groups excluding carboxylic acids is 2. The van der Waals surface area contributed by atoms with Crippen molar-refractivity contribution in [1.82, 2.24) is 10.2 Å². The third-order valence-electron chi connectivity index (χ3n) is 5.32. The molecule has 0 aliphatic heterocycles. The van der Waals surface area contributed by atoms with Gasteiger partial charge in [-0.2, -0.15) is 0 Å². The lowest BCUT2D eigenvalue weighted by Crippen LogP contribution is -2.50. The lowest BCUT2D eigenvalue weighted by atomic mass is 10.1. The molecule has 0 saturated heterocycles. The molecule has 5 nitrogen and oxygen atoms in total. The molecule has 2 aromatic rings. The van der Waals surface area contributed by atoms with Crippen LogP contribution in [0.4, 0.5) is 0 Å². The zero-order chi connectivity index (χ0) is 21.9. The van der Waals surface area contributed by atoms with Gasteiger partial charge in [0.2, 0.25) is 5.91 Å². The zero-order valence-corrected chi connectivity index (χ0v) is 18.6. The number of hydrogen-bond donors (Lipinski definition) is 1. The van der Waals surface area contributed by atoms with Crippen molar-refractivity contribution < 1.29 is 14.3 Å². The van der Waals surface area contributed by atoms with E-state index in [1.54, 1.807) is 11.8 Å². The highest BCUT2D eigenvalue weighted by Crippen LogP contribution is 2.17. The van der Waals surface area contributed by atoms with Gasteiger partial charge in [0, 0.05) is 13.1 Å². The molecule has 0 spiro atoms. The molecule has 0 fully saturated rings. The molecule has 2 aromatic carbocycles. The molecule has 0 aromatic heterocycles. The molecule has 0 bridgehead atoms. The lowest BCUT2D eigenvalue weighted by Gasteiger charge is -2.28. The minimum atomic E-state index is -0.554. The summed E-state index contributed by atoms with van der Waals surface area (Å²) in [5.74, 6) is 0.341. The quantitative estimate of drug-likeness (QED) is 0.569. The van der Waals surface area contributed by atoms with Crippen molar-refractivity contribution in [3.63, 3.8) is 0 Å². The first-order valence-corrected chi connectivity index (χ1v) is 10.7. The number of unbranched alkanes of at least 4 members (excludes halogenated alkanes) is 1. The molecule has 0 aliphatic rings. The molecule has 1 N–H and O–H groups in total. The van der Waals surface area contributed by atoms with E-state index in [4.69, 9.17) is 4.74 Å². The third kappa shape index (κ3) is 7.21. The summed E-state index contributed by atoms with van der Waals surface area (Å²) in [6, 6.07) is 15.2. The number of hydrogen-bond acceptors (Lipinski definition) is 3. The van der Waals surface area contributed by atoms with Gasteiger partial charge in [-0.15, -0.1) is 0 Å². The van der Waals surface area contributed by atoms with Gasteiger partial charge in [0.25, 0.3) is 5.91 Å². The molecule has 1 atom stereocenters. The number of ether oxygens (including phenoxy) is 1. The molecule has 0 saturated carbocycles. The smallest absolute Gasteiger partial charge is 0.261 e. The Labute approximate surface area is 180 Å². The Balaban J connectivity index is 2.04. The van der Waals surface area contributed by atoms with Crippen molar-refractivity contribution in [3.05, 3.63) is 65.2 Å². The zero-order valence-electron chi connectivity index (χ0n) is 18.6. The molecular weight excluding hydrogens is 376 g/mol. The van der Waals surface area contributed by atoms with Gasteiger partial charge < -0.3 is 15.0 Å². The number of carbonyl (C=O) groups is 2. The Hall–Kier alpha value is -2.82. The van der Waals surface area contributed by atoms with Crippen LogP contribution in [0, 0.1) is 13.8 Å². The fourth-order valence-electron chi connectivity index (χ4n) is 3.14. The van der Waals surface area contributed by atoms with E-state index in [0.29, 0.717) is 25.3 Å². The van der Waals surface area contributed by atoms with Crippen molar-refractivity contribution in [1.29, 1.82) is 0 Å². The minimum Gasteiger partial charge on any atom is -0.484 e. The van der Waals surface area contributed by atoms with E-state index in [0.717, 1.165) is 24.0 Å². The van der Waals surface area contributed by atoms with Gasteiger partial charge >= 0.3 is 0 Å². The normalized spacial score (nSPS) is 11.6. The van der Waals surface area contributed by atoms with E-state index < -0.39 is 6.04 Å². The molecule has 5 heteroatoms. The molecule has 2 amide bonds. The van der Waals surface area contributed by atoms with Gasteiger partial charge in [0.1, 0.15) is 11.8 Å². The molecule has 162 valence electrons. The topological polar surface area (TPSA) is 58.6 Å². The first-order valence-electron chi connectivity index (χ1n) is 10.7. The van der Waals surface area contributed by atoms with E-state index in [-0.39, 0.29) is 18.4 Å². The summed E-state index contributed by atoms with van der Waals surface area (Å²) in [6.07, 6.45) is 2.62. The van der Waals surface area contributed by atoms with Crippen molar-refractivity contribution in [2.24, 2.45) is 0 Å². The monoisotopic (exact) mass is 410 g/mol. The van der Waals surface area contributed by atoms with Gasteiger partial charge in [0.15, 0.2) is 6.61 Å². The fraction of sp³-hybridized carbons (Fsp3) is 0.440. The van der Waals surface area contributed by atoms with E-state index >= 15 is 0 Å². The minimum absolute atomic E-state index is 0.0934. The van der Waals surface area contributed by atoms with Crippen LogP contribution in [0.1, 0.15) is 43.4 Å². The second-order valence-electron chi connectivity index (χ2n) is 7.68. The van der Waals surface area contributed by atoms with Gasteiger partial charge in [-0.3, -0.25) is 9.59 Å². The highest BCUT2D eigenvalue weighted by atomic mass is 16.5. The Kier molecular flexibility index (Phi) is 9.39. The maximum absolute atomic E-state index is 13.0. The predicted octanol–water partition coefficient (Wildman–Crippen LogP) is 4.06. The van der Waals surface area contributed by atoms with Crippen molar-refractivity contribution in [3.8, 4) is 5.75 Å². The third-order valence-corrected chi connectivity index (χ3v) is 5.32. The van der Waals surface area contributed by atoms with Gasteiger partial charge in [0.05, 0.1) is 0 Å². The number of nitrogens with zero attached hydrogens (tertiary/aromatic N) is 1. The van der Waals surface area contributed by atoms with E-state index in [2.05, 4.69) is 12.2 Å². The summed E-state index contributed by atoms with van der Waals surface area (Å²) in [7, 11) is 0. The molecule has 0 aliphatic carbocycles. The van der Waals surface area contributed by atoms with E-state index in [1.165, 1.54) is 5.56 Å². The van der Waals surface area contributed by atoms with Crippen LogP contribution < -0.4 is 10.1 Å². The number of rotatable bonds is 11. The number of nitrogens with one attached hydrogen (secondary N) is 1. The van der Waals surface area contributed by atoms with Crippen LogP contribution in [-0.4, -0.2) is 42.5 Å². The number of aryl methyl sites for hydroxylation is 2. The summed E-state index contributed by atoms with van der Waals surface area (Å²) < 4.78 is 5.74. The summed E-state index contributed by atoms with van der Waals surface area (Å²) in [6.45, 7) is 8.90. The maximum atomic E-state index is 13.0. The summed E-state index contributed by atoms with van der Waals surface area (Å²) >= 11 is 0. The Bertz CT molecular complexity index is 820. The van der Waals surface area contributed by atoms with Crippen molar-refractivity contribution in [2.75, 3.05) is 19.7 Å². The number of amides is 2. The standard InChI is InChI=1S/C25H34N2O3/c1-5-6-15-26-25(29)21(4)27(16-14-22-10-8-7-9-11-22)24(28)18-30-23-13-12-19(2)20(3)17-23/h7-13,17,21H,5-6,14-16,18H2,1-4H3,(H,26,29)/t21-/m1/s1. The second-order valence-corrected chi connectivity index (χ2v) is 7.68. The largest absolute Gasteiger partial charge is 0.484 e. The Morgan fingerprint density at radius 1 is 1.07 bits per heavy atom. The molecule has 0 radical (unpaired) electrons. The lowest BCUT2D eigenvalue weighted by molar-refractivity contribution is -0.141. The second kappa shape index (κ2) is 12.0. The van der Waals surface area contributed by atoms with Gasteiger partial charge in [-0.1, -0.05) is 49.7 Å². The van der Waals surface area contributed by atoms with Crippen molar-refractivity contribution in [2.45, 2.75) is 53.0 Å². The summed E-state index contributed by atoms with van der Waals surface area (Å²) in [5, 5.41) is 2.93. The first kappa shape index (κ1) is 23.5. The SMILES string of the molecule is CCCCNC(=O)[C@@H](C)N(CCc1ccccc1)C(=O)COc1ccc(C)c(C)c1. The van der Waals surface area contributed by atoms with Gasteiger partial charge in [-0.05, 0) is 62.4 Å². The van der Waals surface area contributed by atoms with Crippen LogP contribution in [0.25, 0.3) is 0 Å². The van der Waals surface area contributed by atoms with Crippen molar-refractivity contribution >= 4 is 11.8 Å². The molecule has 0 heterocycles.